The number of hydrogen-bond donors (Lipinski definition) is 1. The van der Waals surface area contributed by atoms with E-state index < -0.39 is 0 Å². The maximum Gasteiger partial charge on any atom is 0.00670 e. The molecular formula is C12H25NS. The maximum atomic E-state index is 3.69. The van der Waals surface area contributed by atoms with Crippen LogP contribution in [0.3, 0.4) is 0 Å². The van der Waals surface area contributed by atoms with Gasteiger partial charge in [0.15, 0.2) is 0 Å². The molecule has 1 fully saturated rings. The molecule has 0 aromatic carbocycles. The van der Waals surface area contributed by atoms with Crippen molar-refractivity contribution in [3.63, 3.8) is 0 Å². The highest BCUT2D eigenvalue weighted by molar-refractivity contribution is 7.99. The van der Waals surface area contributed by atoms with Gasteiger partial charge in [0.2, 0.25) is 0 Å². The summed E-state index contributed by atoms with van der Waals surface area (Å²) in [6.45, 7) is 5.76. The molecule has 0 aromatic heterocycles. The largest absolute Gasteiger partial charge is 0.314 e. The fourth-order valence-electron chi connectivity index (χ4n) is 1.78. The van der Waals surface area contributed by atoms with Gasteiger partial charge in [0.05, 0.1) is 0 Å². The monoisotopic (exact) mass is 215 g/mol. The molecule has 0 amide bonds. The summed E-state index contributed by atoms with van der Waals surface area (Å²) < 4.78 is 0. The van der Waals surface area contributed by atoms with Crippen LogP contribution in [0.4, 0.5) is 0 Å². The molecule has 1 saturated carbocycles. The minimum absolute atomic E-state index is 0.800. The Kier molecular flexibility index (Phi) is 6.70. The Morgan fingerprint density at radius 2 is 2.14 bits per heavy atom. The molecule has 0 saturated heterocycles. The minimum atomic E-state index is 0.800. The van der Waals surface area contributed by atoms with Gasteiger partial charge in [0.25, 0.3) is 0 Å². The van der Waals surface area contributed by atoms with Gasteiger partial charge in [0, 0.05) is 6.04 Å². The second-order valence-electron chi connectivity index (χ2n) is 4.29. The molecule has 0 aromatic rings. The summed E-state index contributed by atoms with van der Waals surface area (Å²) >= 11 is 2.05. The van der Waals surface area contributed by atoms with Gasteiger partial charge >= 0.3 is 0 Å². The Morgan fingerprint density at radius 3 is 2.71 bits per heavy atom. The Morgan fingerprint density at radius 1 is 1.36 bits per heavy atom. The molecule has 2 heteroatoms. The molecule has 0 heterocycles. The lowest BCUT2D eigenvalue weighted by Gasteiger charge is -2.16. The highest BCUT2D eigenvalue weighted by Crippen LogP contribution is 2.33. The van der Waals surface area contributed by atoms with E-state index in [9.17, 15) is 0 Å². The lowest BCUT2D eigenvalue weighted by Crippen LogP contribution is -2.30. The molecule has 0 aliphatic heterocycles. The summed E-state index contributed by atoms with van der Waals surface area (Å²) in [4.78, 5) is 0. The van der Waals surface area contributed by atoms with Crippen LogP contribution >= 0.6 is 11.8 Å². The Balaban J connectivity index is 1.90. The van der Waals surface area contributed by atoms with E-state index in [1.54, 1.807) is 0 Å². The van der Waals surface area contributed by atoms with Crippen molar-refractivity contribution in [2.45, 2.75) is 52.0 Å². The van der Waals surface area contributed by atoms with Crippen molar-refractivity contribution in [3.05, 3.63) is 0 Å². The van der Waals surface area contributed by atoms with E-state index in [1.807, 2.05) is 0 Å². The zero-order valence-corrected chi connectivity index (χ0v) is 10.5. The van der Waals surface area contributed by atoms with E-state index >= 15 is 0 Å². The Labute approximate surface area is 93.4 Å². The summed E-state index contributed by atoms with van der Waals surface area (Å²) in [6.07, 6.45) is 7.04. The van der Waals surface area contributed by atoms with Crippen molar-refractivity contribution in [1.29, 1.82) is 0 Å². The molecule has 1 rings (SSSR count). The van der Waals surface area contributed by atoms with Crippen molar-refractivity contribution in [2.24, 2.45) is 5.92 Å². The Bertz CT molecular complexity index is 134. The molecule has 1 nitrogen and oxygen atoms in total. The van der Waals surface area contributed by atoms with Crippen molar-refractivity contribution in [1.82, 2.24) is 5.32 Å². The van der Waals surface area contributed by atoms with Crippen LogP contribution in [0, 0.1) is 5.92 Å². The zero-order valence-electron chi connectivity index (χ0n) is 9.72. The average Bonchev–Trinajstić information content (AvgIpc) is 2.99. The first-order valence-corrected chi connectivity index (χ1v) is 7.33. The first-order chi connectivity index (χ1) is 6.86. The van der Waals surface area contributed by atoms with Gasteiger partial charge in [0.1, 0.15) is 0 Å². The molecule has 0 radical (unpaired) electrons. The number of rotatable bonds is 9. The van der Waals surface area contributed by atoms with E-state index in [4.69, 9.17) is 0 Å². The standard InChI is InChI=1S/C12H25NS/c1-3-12(10-11-6-7-11)13-8-5-9-14-4-2/h11-13H,3-10H2,1-2H3. The highest BCUT2D eigenvalue weighted by atomic mass is 32.2. The molecule has 1 unspecified atom stereocenters. The van der Waals surface area contributed by atoms with Crippen LogP contribution in [0.15, 0.2) is 0 Å². The van der Waals surface area contributed by atoms with Crippen LogP contribution < -0.4 is 5.32 Å². The van der Waals surface area contributed by atoms with Crippen molar-refractivity contribution >= 4 is 11.8 Å². The molecule has 0 bridgehead atoms. The average molecular weight is 215 g/mol. The molecule has 84 valence electrons. The molecular weight excluding hydrogens is 190 g/mol. The fourth-order valence-corrected chi connectivity index (χ4v) is 2.41. The third-order valence-electron chi connectivity index (χ3n) is 2.91. The van der Waals surface area contributed by atoms with Gasteiger partial charge in [-0.1, -0.05) is 26.7 Å². The quantitative estimate of drug-likeness (QED) is 0.592. The topological polar surface area (TPSA) is 12.0 Å². The van der Waals surface area contributed by atoms with Crippen LogP contribution in [0.25, 0.3) is 0 Å². The first-order valence-electron chi connectivity index (χ1n) is 6.18. The van der Waals surface area contributed by atoms with Gasteiger partial charge in [-0.05, 0) is 43.2 Å². The SMILES string of the molecule is CCSCCCNC(CC)CC1CC1. The maximum absolute atomic E-state index is 3.69. The molecule has 1 aliphatic carbocycles. The summed E-state index contributed by atoms with van der Waals surface area (Å²) in [5.74, 6) is 3.65. The second-order valence-corrected chi connectivity index (χ2v) is 5.68. The summed E-state index contributed by atoms with van der Waals surface area (Å²) in [5.41, 5.74) is 0. The van der Waals surface area contributed by atoms with Gasteiger partial charge in [-0.25, -0.2) is 0 Å². The van der Waals surface area contributed by atoms with E-state index in [2.05, 4.69) is 30.9 Å². The molecule has 1 aliphatic rings. The normalized spacial score (nSPS) is 18.4. The smallest absolute Gasteiger partial charge is 0.00670 e. The molecule has 14 heavy (non-hydrogen) atoms. The van der Waals surface area contributed by atoms with E-state index in [0.717, 1.165) is 12.0 Å². The second kappa shape index (κ2) is 7.58. The summed E-state index contributed by atoms with van der Waals surface area (Å²) in [7, 11) is 0. The van der Waals surface area contributed by atoms with Crippen LogP contribution in [-0.4, -0.2) is 24.1 Å². The Hall–Kier alpha value is 0.310. The minimum Gasteiger partial charge on any atom is -0.314 e. The molecule has 1 N–H and O–H groups in total. The van der Waals surface area contributed by atoms with Crippen LogP contribution in [0.1, 0.15) is 46.0 Å². The number of nitrogens with one attached hydrogen (secondary N) is 1. The first kappa shape index (κ1) is 12.4. The van der Waals surface area contributed by atoms with Crippen LogP contribution in [0.5, 0.6) is 0 Å². The van der Waals surface area contributed by atoms with E-state index in [1.165, 1.54) is 50.2 Å². The van der Waals surface area contributed by atoms with E-state index in [0.29, 0.717) is 0 Å². The van der Waals surface area contributed by atoms with Crippen LogP contribution in [-0.2, 0) is 0 Å². The third kappa shape index (κ3) is 5.92. The number of hydrogen-bond acceptors (Lipinski definition) is 2. The van der Waals surface area contributed by atoms with Gasteiger partial charge in [-0.3, -0.25) is 0 Å². The van der Waals surface area contributed by atoms with Crippen LogP contribution in [0.2, 0.25) is 0 Å². The van der Waals surface area contributed by atoms with E-state index in [-0.39, 0.29) is 0 Å². The van der Waals surface area contributed by atoms with Crippen molar-refractivity contribution in [2.75, 3.05) is 18.1 Å². The highest BCUT2D eigenvalue weighted by Gasteiger charge is 2.24. The fraction of sp³-hybridized carbons (Fsp3) is 1.00. The van der Waals surface area contributed by atoms with Crippen molar-refractivity contribution in [3.8, 4) is 0 Å². The summed E-state index contributed by atoms with van der Waals surface area (Å²) in [5, 5.41) is 3.69. The van der Waals surface area contributed by atoms with Gasteiger partial charge in [-0.15, -0.1) is 0 Å². The predicted molar refractivity (Wildman–Crippen MR) is 67.0 cm³/mol. The third-order valence-corrected chi connectivity index (χ3v) is 3.90. The summed E-state index contributed by atoms with van der Waals surface area (Å²) in [6, 6.07) is 0.800. The lowest BCUT2D eigenvalue weighted by molar-refractivity contribution is 0.447. The van der Waals surface area contributed by atoms with Crippen molar-refractivity contribution < 1.29 is 0 Å². The zero-order chi connectivity index (χ0) is 10.2. The molecule has 1 atom stereocenters. The van der Waals surface area contributed by atoms with Gasteiger partial charge < -0.3 is 5.32 Å². The predicted octanol–water partition coefficient (Wildman–Crippen LogP) is 3.30. The molecule has 0 spiro atoms. The number of thioether (sulfide) groups is 1. The lowest BCUT2D eigenvalue weighted by atomic mass is 10.1. The van der Waals surface area contributed by atoms with Gasteiger partial charge in [-0.2, -0.15) is 11.8 Å².